The highest BCUT2D eigenvalue weighted by Gasteiger charge is 2.30. The van der Waals surface area contributed by atoms with Crippen molar-refractivity contribution in [3.8, 4) is 0 Å². The molecule has 0 aromatic rings. The number of aliphatic hydroxyl groups excluding tert-OH is 1. The molecule has 0 heterocycles. The number of rotatable bonds is 80. The molecule has 19 heteroatoms. The Labute approximate surface area is 626 Å². The Morgan fingerprint density at radius 2 is 0.412 bits per heavy atom. The average molecular weight is 1490 g/mol. The van der Waals surface area contributed by atoms with Gasteiger partial charge in [0.25, 0.3) is 0 Å². The van der Waals surface area contributed by atoms with E-state index >= 15 is 0 Å². The molecule has 0 rings (SSSR count). The summed E-state index contributed by atoms with van der Waals surface area (Å²) in [6.07, 6.45) is 59.7. The highest BCUT2D eigenvalue weighted by Crippen LogP contribution is 2.45. The summed E-state index contributed by atoms with van der Waals surface area (Å²) in [5, 5.41) is 10.7. The summed E-state index contributed by atoms with van der Waals surface area (Å²) in [5.74, 6) is 0.988. The van der Waals surface area contributed by atoms with Crippen molar-refractivity contribution in [3.63, 3.8) is 0 Å². The fourth-order valence-corrected chi connectivity index (χ4v) is 14.4. The zero-order valence-electron chi connectivity index (χ0n) is 67.2. The van der Waals surface area contributed by atoms with Gasteiger partial charge in [-0.05, 0) is 49.4 Å². The second-order valence-electron chi connectivity index (χ2n) is 31.8. The van der Waals surface area contributed by atoms with Crippen LogP contribution in [0.5, 0.6) is 0 Å². The third kappa shape index (κ3) is 76.3. The van der Waals surface area contributed by atoms with Crippen LogP contribution in [0, 0.1) is 23.7 Å². The van der Waals surface area contributed by atoms with E-state index in [-0.39, 0.29) is 25.7 Å². The Bertz CT molecular complexity index is 1990. The van der Waals surface area contributed by atoms with E-state index in [4.69, 9.17) is 37.0 Å². The molecule has 0 saturated heterocycles. The van der Waals surface area contributed by atoms with Gasteiger partial charge in [0.15, 0.2) is 12.2 Å². The molecule has 102 heavy (non-hydrogen) atoms. The minimum absolute atomic E-state index is 0.106. The lowest BCUT2D eigenvalue weighted by Crippen LogP contribution is -2.30. The van der Waals surface area contributed by atoms with E-state index in [1.165, 1.54) is 225 Å². The summed E-state index contributed by atoms with van der Waals surface area (Å²) >= 11 is 0. The normalized spacial score (nSPS) is 14.0. The van der Waals surface area contributed by atoms with Crippen LogP contribution in [0.25, 0.3) is 0 Å². The molecule has 0 saturated carbocycles. The molecule has 0 spiro atoms. The molecule has 0 fully saturated rings. The molecular weight excluding hydrogens is 1330 g/mol. The summed E-state index contributed by atoms with van der Waals surface area (Å²) in [6.45, 7) is 14.3. The van der Waals surface area contributed by atoms with E-state index in [1.807, 2.05) is 0 Å². The van der Waals surface area contributed by atoms with Crippen molar-refractivity contribution in [2.75, 3.05) is 39.6 Å². The number of unbranched alkanes of at least 4 members (excludes halogenated alkanes) is 46. The molecule has 0 bridgehead atoms. The van der Waals surface area contributed by atoms with Crippen molar-refractivity contribution in [2.24, 2.45) is 23.7 Å². The predicted octanol–water partition coefficient (Wildman–Crippen LogP) is 24.8. The molecule has 17 nitrogen and oxygen atoms in total. The number of aliphatic hydroxyl groups is 1. The largest absolute Gasteiger partial charge is 0.472 e. The third-order valence-electron chi connectivity index (χ3n) is 19.3. The van der Waals surface area contributed by atoms with Gasteiger partial charge < -0.3 is 33.8 Å². The van der Waals surface area contributed by atoms with Crippen LogP contribution in [-0.4, -0.2) is 96.7 Å². The topological polar surface area (TPSA) is 237 Å². The molecule has 3 N–H and O–H groups in total. The van der Waals surface area contributed by atoms with E-state index in [2.05, 4.69) is 55.4 Å². The minimum atomic E-state index is -4.96. The quantitative estimate of drug-likeness (QED) is 0.0222. The van der Waals surface area contributed by atoms with E-state index in [9.17, 15) is 43.2 Å². The monoisotopic (exact) mass is 1490 g/mol. The number of phosphoric ester groups is 2. The van der Waals surface area contributed by atoms with Gasteiger partial charge >= 0.3 is 39.5 Å². The maximum atomic E-state index is 13.1. The molecule has 3 unspecified atom stereocenters. The van der Waals surface area contributed by atoms with Crippen LogP contribution in [0.2, 0.25) is 0 Å². The molecule has 0 radical (unpaired) electrons. The first kappa shape index (κ1) is 100. The van der Waals surface area contributed by atoms with Gasteiger partial charge in [0.1, 0.15) is 19.3 Å². The number of hydrogen-bond donors (Lipinski definition) is 3. The second-order valence-corrected chi connectivity index (χ2v) is 34.7. The number of phosphoric acid groups is 2. The molecule has 0 aliphatic carbocycles. The molecular formula is C83H162O17P2. The molecule has 0 aliphatic rings. The Morgan fingerprint density at radius 1 is 0.245 bits per heavy atom. The van der Waals surface area contributed by atoms with Gasteiger partial charge in [0.2, 0.25) is 0 Å². The highest BCUT2D eigenvalue weighted by molar-refractivity contribution is 7.47. The second kappa shape index (κ2) is 72.0. The van der Waals surface area contributed by atoms with Gasteiger partial charge in [0.05, 0.1) is 26.4 Å². The average Bonchev–Trinajstić information content (AvgIpc) is 0.919. The lowest BCUT2D eigenvalue weighted by Gasteiger charge is -2.21. The summed E-state index contributed by atoms with van der Waals surface area (Å²) in [6, 6.07) is 0. The van der Waals surface area contributed by atoms with Gasteiger partial charge in [0, 0.05) is 25.7 Å². The zero-order valence-corrected chi connectivity index (χ0v) is 69.0. The Balaban J connectivity index is 5.24. The lowest BCUT2D eigenvalue weighted by molar-refractivity contribution is -0.161. The Kier molecular flexibility index (Phi) is 70.6. The zero-order chi connectivity index (χ0) is 75.3. The number of ether oxygens (including phenoxy) is 4. The molecule has 606 valence electrons. The Hall–Kier alpha value is -1.94. The molecule has 5 atom stereocenters. The highest BCUT2D eigenvalue weighted by atomic mass is 31.2. The van der Waals surface area contributed by atoms with Crippen molar-refractivity contribution in [3.05, 3.63) is 0 Å². The maximum Gasteiger partial charge on any atom is 0.472 e. The molecule has 0 aromatic carbocycles. The van der Waals surface area contributed by atoms with E-state index in [0.29, 0.717) is 31.6 Å². The minimum Gasteiger partial charge on any atom is -0.462 e. The van der Waals surface area contributed by atoms with Crippen LogP contribution in [0.1, 0.15) is 428 Å². The first-order valence-electron chi connectivity index (χ1n) is 42.7. The van der Waals surface area contributed by atoms with Gasteiger partial charge in [-0.15, -0.1) is 0 Å². The summed E-state index contributed by atoms with van der Waals surface area (Å²) < 4.78 is 68.8. The third-order valence-corrected chi connectivity index (χ3v) is 21.2. The van der Waals surface area contributed by atoms with Crippen molar-refractivity contribution >= 4 is 39.5 Å². The number of carbonyl (C=O) groups is 4. The fourth-order valence-electron chi connectivity index (χ4n) is 12.8. The smallest absolute Gasteiger partial charge is 0.462 e. The van der Waals surface area contributed by atoms with Crippen LogP contribution in [0.4, 0.5) is 0 Å². The van der Waals surface area contributed by atoms with Crippen molar-refractivity contribution < 1.29 is 80.2 Å². The van der Waals surface area contributed by atoms with E-state index in [0.717, 1.165) is 114 Å². The molecule has 0 amide bonds. The number of carbonyl (C=O) groups excluding carboxylic acids is 4. The number of esters is 4. The summed E-state index contributed by atoms with van der Waals surface area (Å²) in [4.78, 5) is 73.1. The molecule has 0 aliphatic heterocycles. The van der Waals surface area contributed by atoms with Gasteiger partial charge in [-0.1, -0.05) is 376 Å². The van der Waals surface area contributed by atoms with Gasteiger partial charge in [-0.2, -0.15) is 0 Å². The SMILES string of the molecule is CC(C)CCCCCCCCCCCCCCCCCCC(=O)OC[C@H](COP(=O)(O)OCC(O)COP(=O)(O)OC[C@@H](COC(=O)CCCCCCCCCC(C)C)OC(=O)CCCCCCCCCCCCCCCC(C)C)OC(=O)CCCCCCCCCCCCCCCCC(C)C. The van der Waals surface area contributed by atoms with E-state index < -0.39 is 97.5 Å². The summed E-state index contributed by atoms with van der Waals surface area (Å²) in [5.41, 5.74) is 0. The van der Waals surface area contributed by atoms with Crippen molar-refractivity contribution in [2.45, 2.75) is 446 Å². The molecule has 0 aromatic heterocycles. The standard InChI is InChI=1S/C83H162O17P2/c1-73(2)59-51-43-35-28-22-16-11-9-10-12-19-25-31-39-47-55-63-80(85)93-69-78(99-82(87)65-57-49-40-32-26-20-14-13-17-23-29-36-44-52-60-74(3)4)71-97-101(89,90)95-67-77(84)68-96-102(91,92)98-72-79(70-94-81(86)64-56-48-42-34-38-46-54-62-76(7)8)100-83(88)66-58-50-41-33-27-21-15-18-24-30-37-45-53-61-75(5)6/h73-79,84H,9-72H2,1-8H3,(H,89,90)(H,91,92)/t77?,78-,79-/m1/s1. The fraction of sp³-hybridized carbons (Fsp3) is 0.952. The Morgan fingerprint density at radius 3 is 0.608 bits per heavy atom. The van der Waals surface area contributed by atoms with Crippen LogP contribution < -0.4 is 0 Å². The van der Waals surface area contributed by atoms with E-state index in [1.54, 1.807) is 0 Å². The van der Waals surface area contributed by atoms with Crippen LogP contribution in [0.15, 0.2) is 0 Å². The van der Waals surface area contributed by atoms with Crippen molar-refractivity contribution in [1.82, 2.24) is 0 Å². The summed E-state index contributed by atoms with van der Waals surface area (Å²) in [7, 11) is -9.93. The first-order valence-corrected chi connectivity index (χ1v) is 45.7. The predicted molar refractivity (Wildman–Crippen MR) is 418 cm³/mol. The number of hydrogen-bond acceptors (Lipinski definition) is 15. The lowest BCUT2D eigenvalue weighted by atomic mass is 10.0. The van der Waals surface area contributed by atoms with Gasteiger partial charge in [-0.25, -0.2) is 9.13 Å². The van der Waals surface area contributed by atoms with Gasteiger partial charge in [-0.3, -0.25) is 37.3 Å². The first-order chi connectivity index (χ1) is 49.1. The van der Waals surface area contributed by atoms with Crippen LogP contribution in [-0.2, 0) is 65.4 Å². The van der Waals surface area contributed by atoms with Crippen molar-refractivity contribution in [1.29, 1.82) is 0 Å². The van der Waals surface area contributed by atoms with Crippen LogP contribution in [0.3, 0.4) is 0 Å². The van der Waals surface area contributed by atoms with Crippen LogP contribution >= 0.6 is 15.6 Å². The maximum absolute atomic E-state index is 13.1.